The number of hydrogen-bond donors (Lipinski definition) is 1. The summed E-state index contributed by atoms with van der Waals surface area (Å²) in [5.41, 5.74) is 1.72. The van der Waals surface area contributed by atoms with Crippen LogP contribution in [0.3, 0.4) is 0 Å². The second-order valence-electron chi connectivity index (χ2n) is 6.99. The number of thioether (sulfide) groups is 1. The highest BCUT2D eigenvalue weighted by atomic mass is 32.2. The van der Waals surface area contributed by atoms with Gasteiger partial charge in [-0.2, -0.15) is 0 Å². The molecule has 1 heterocycles. The minimum Gasteiger partial charge on any atom is -0.362 e. The molecular weight excluding hydrogens is 276 g/mol. The molecule has 0 saturated carbocycles. The van der Waals surface area contributed by atoms with E-state index in [1.54, 1.807) is 0 Å². The summed E-state index contributed by atoms with van der Waals surface area (Å²) >= 11 is 1.87. The Balaban J connectivity index is 1.84. The lowest BCUT2D eigenvalue weighted by atomic mass is 9.85. The van der Waals surface area contributed by atoms with E-state index >= 15 is 0 Å². The standard InChI is InChI=1S/C18H28N2S/c1-14(15-8-6-5-7-9-15)10-12-19-17-20-16(11-13-21-17)18(2,3)4/h5-9,14,16H,10-13H2,1-4H3,(H,19,20). The van der Waals surface area contributed by atoms with E-state index in [1.165, 1.54) is 17.7 Å². The zero-order valence-electron chi connectivity index (χ0n) is 13.7. The van der Waals surface area contributed by atoms with Crippen LogP contribution in [0.5, 0.6) is 0 Å². The average molecular weight is 305 g/mol. The zero-order valence-corrected chi connectivity index (χ0v) is 14.5. The van der Waals surface area contributed by atoms with Gasteiger partial charge in [0.2, 0.25) is 0 Å². The summed E-state index contributed by atoms with van der Waals surface area (Å²) in [6.07, 6.45) is 2.34. The van der Waals surface area contributed by atoms with E-state index in [9.17, 15) is 0 Å². The minimum atomic E-state index is 0.305. The van der Waals surface area contributed by atoms with Gasteiger partial charge in [-0.3, -0.25) is 4.99 Å². The molecule has 0 spiro atoms. The molecule has 1 aromatic carbocycles. The molecule has 21 heavy (non-hydrogen) atoms. The molecule has 2 unspecified atom stereocenters. The third-order valence-electron chi connectivity index (χ3n) is 4.17. The highest BCUT2D eigenvalue weighted by Crippen LogP contribution is 2.27. The SMILES string of the molecule is CC(CCN=C1NC(C(C)(C)C)CCS1)c1ccccc1. The number of amidine groups is 1. The first-order valence-corrected chi connectivity index (χ1v) is 8.94. The van der Waals surface area contributed by atoms with Crippen molar-refractivity contribution in [3.05, 3.63) is 35.9 Å². The van der Waals surface area contributed by atoms with E-state index in [-0.39, 0.29) is 0 Å². The van der Waals surface area contributed by atoms with Gasteiger partial charge >= 0.3 is 0 Å². The summed E-state index contributed by atoms with van der Waals surface area (Å²) in [4.78, 5) is 4.78. The van der Waals surface area contributed by atoms with Gasteiger partial charge in [0.25, 0.3) is 0 Å². The molecule has 2 atom stereocenters. The van der Waals surface area contributed by atoms with Crippen LogP contribution in [-0.2, 0) is 0 Å². The predicted molar refractivity (Wildman–Crippen MR) is 95.2 cm³/mol. The zero-order chi connectivity index (χ0) is 15.3. The van der Waals surface area contributed by atoms with Gasteiger partial charge in [-0.25, -0.2) is 0 Å². The van der Waals surface area contributed by atoms with Crippen molar-refractivity contribution in [3.8, 4) is 0 Å². The van der Waals surface area contributed by atoms with Crippen molar-refractivity contribution in [2.24, 2.45) is 10.4 Å². The van der Waals surface area contributed by atoms with Crippen molar-refractivity contribution in [2.75, 3.05) is 12.3 Å². The van der Waals surface area contributed by atoms with Crippen LogP contribution in [0.1, 0.15) is 52.0 Å². The minimum absolute atomic E-state index is 0.305. The molecule has 2 nitrogen and oxygen atoms in total. The van der Waals surface area contributed by atoms with Crippen molar-refractivity contribution in [1.82, 2.24) is 5.32 Å². The first kappa shape index (κ1) is 16.4. The molecular formula is C18H28N2S. The summed E-state index contributed by atoms with van der Waals surface area (Å²) in [5.74, 6) is 1.75. The number of nitrogens with one attached hydrogen (secondary N) is 1. The van der Waals surface area contributed by atoms with Gasteiger partial charge in [-0.15, -0.1) is 0 Å². The van der Waals surface area contributed by atoms with Gasteiger partial charge in [0.1, 0.15) is 0 Å². The molecule has 116 valence electrons. The monoisotopic (exact) mass is 304 g/mol. The van der Waals surface area contributed by atoms with E-state index in [0.717, 1.165) is 18.1 Å². The second kappa shape index (κ2) is 7.35. The summed E-state index contributed by atoms with van der Waals surface area (Å²) in [7, 11) is 0. The lowest BCUT2D eigenvalue weighted by Crippen LogP contribution is -2.46. The molecule has 2 rings (SSSR count). The number of benzene rings is 1. The molecule has 1 aliphatic heterocycles. The van der Waals surface area contributed by atoms with Crippen LogP contribution in [0.2, 0.25) is 0 Å². The van der Waals surface area contributed by atoms with E-state index < -0.39 is 0 Å². The van der Waals surface area contributed by atoms with Crippen LogP contribution >= 0.6 is 11.8 Å². The Morgan fingerprint density at radius 2 is 2.00 bits per heavy atom. The van der Waals surface area contributed by atoms with E-state index in [1.807, 2.05) is 11.8 Å². The number of rotatable bonds is 4. The Morgan fingerprint density at radius 1 is 1.29 bits per heavy atom. The van der Waals surface area contributed by atoms with Gasteiger partial charge in [0.15, 0.2) is 5.17 Å². The fourth-order valence-corrected chi connectivity index (χ4v) is 3.54. The highest BCUT2D eigenvalue weighted by Gasteiger charge is 2.28. The van der Waals surface area contributed by atoms with Gasteiger partial charge in [0.05, 0.1) is 0 Å². The van der Waals surface area contributed by atoms with Gasteiger partial charge in [0, 0.05) is 18.3 Å². The fourth-order valence-electron chi connectivity index (χ4n) is 2.59. The van der Waals surface area contributed by atoms with E-state index in [4.69, 9.17) is 4.99 Å². The van der Waals surface area contributed by atoms with Crippen molar-refractivity contribution >= 4 is 16.9 Å². The maximum Gasteiger partial charge on any atom is 0.156 e. The first-order chi connectivity index (χ1) is 9.97. The summed E-state index contributed by atoms with van der Waals surface area (Å²) < 4.78 is 0. The van der Waals surface area contributed by atoms with Crippen LogP contribution in [0.25, 0.3) is 0 Å². The Labute approximate surface area is 133 Å². The summed E-state index contributed by atoms with van der Waals surface area (Å²) in [5, 5.41) is 4.76. The molecule has 3 heteroatoms. The van der Waals surface area contributed by atoms with Crippen LogP contribution in [0.15, 0.2) is 35.3 Å². The first-order valence-electron chi connectivity index (χ1n) is 7.95. The van der Waals surface area contributed by atoms with Crippen molar-refractivity contribution < 1.29 is 0 Å². The largest absolute Gasteiger partial charge is 0.362 e. The van der Waals surface area contributed by atoms with Crippen molar-refractivity contribution in [1.29, 1.82) is 0 Å². The molecule has 0 amide bonds. The molecule has 1 aromatic rings. The number of hydrogen-bond acceptors (Lipinski definition) is 2. The predicted octanol–water partition coefficient (Wildman–Crippen LogP) is 4.68. The van der Waals surface area contributed by atoms with Crippen molar-refractivity contribution in [3.63, 3.8) is 0 Å². The molecule has 0 aliphatic carbocycles. The lowest BCUT2D eigenvalue weighted by Gasteiger charge is -2.35. The molecule has 1 fully saturated rings. The Kier molecular flexibility index (Phi) is 5.74. The van der Waals surface area contributed by atoms with Crippen molar-refractivity contribution in [2.45, 2.75) is 52.5 Å². The molecule has 1 aliphatic rings. The number of aliphatic imine (C=N–C) groups is 1. The molecule has 0 radical (unpaired) electrons. The quantitative estimate of drug-likeness (QED) is 0.873. The average Bonchev–Trinajstić information content (AvgIpc) is 2.47. The second-order valence-corrected chi connectivity index (χ2v) is 8.07. The van der Waals surface area contributed by atoms with Gasteiger partial charge in [-0.1, -0.05) is 69.8 Å². The van der Waals surface area contributed by atoms with Gasteiger partial charge in [-0.05, 0) is 29.7 Å². The summed E-state index contributed by atoms with van der Waals surface area (Å²) in [6, 6.07) is 11.3. The highest BCUT2D eigenvalue weighted by molar-refractivity contribution is 8.13. The van der Waals surface area contributed by atoms with E-state index in [2.05, 4.69) is 63.3 Å². The van der Waals surface area contributed by atoms with Crippen LogP contribution < -0.4 is 5.32 Å². The fraction of sp³-hybridized carbons (Fsp3) is 0.611. The molecule has 0 aromatic heterocycles. The smallest absolute Gasteiger partial charge is 0.156 e. The normalized spacial score (nSPS) is 22.9. The topological polar surface area (TPSA) is 24.4 Å². The summed E-state index contributed by atoms with van der Waals surface area (Å²) in [6.45, 7) is 10.1. The Morgan fingerprint density at radius 3 is 2.67 bits per heavy atom. The van der Waals surface area contributed by atoms with Crippen LogP contribution in [-0.4, -0.2) is 23.5 Å². The number of nitrogens with zero attached hydrogens (tertiary/aromatic N) is 1. The third kappa shape index (κ3) is 5.06. The Hall–Kier alpha value is -0.960. The molecule has 1 saturated heterocycles. The van der Waals surface area contributed by atoms with E-state index in [0.29, 0.717) is 17.4 Å². The van der Waals surface area contributed by atoms with Crippen LogP contribution in [0.4, 0.5) is 0 Å². The van der Waals surface area contributed by atoms with Gasteiger partial charge < -0.3 is 5.32 Å². The molecule has 0 bridgehead atoms. The van der Waals surface area contributed by atoms with Crippen LogP contribution in [0, 0.1) is 5.41 Å². The lowest BCUT2D eigenvalue weighted by molar-refractivity contribution is 0.290. The Bertz CT molecular complexity index is 462. The maximum absolute atomic E-state index is 4.78. The molecule has 1 N–H and O–H groups in total. The maximum atomic E-state index is 4.78. The third-order valence-corrected chi connectivity index (χ3v) is 5.13.